The van der Waals surface area contributed by atoms with Crippen molar-refractivity contribution in [2.24, 2.45) is 11.5 Å². The highest BCUT2D eigenvalue weighted by atomic mass is 19.4. The number of fused-ring (bicyclic) bond motifs is 1. The summed E-state index contributed by atoms with van der Waals surface area (Å²) in [5, 5.41) is 16.3. The maximum atomic E-state index is 12.5. The van der Waals surface area contributed by atoms with E-state index in [1.807, 2.05) is 78.9 Å². The molecule has 0 bridgehead atoms. The molecule has 0 aromatic heterocycles. The third-order valence-electron chi connectivity index (χ3n) is 6.95. The van der Waals surface area contributed by atoms with Crippen molar-refractivity contribution in [1.29, 1.82) is 10.8 Å². The monoisotopic (exact) mass is 528 g/mol. The molecule has 6 N–H and O–H groups in total. The van der Waals surface area contributed by atoms with Gasteiger partial charge in [-0.25, -0.2) is 0 Å². The van der Waals surface area contributed by atoms with Gasteiger partial charge in [-0.2, -0.15) is 13.2 Å². The van der Waals surface area contributed by atoms with Gasteiger partial charge < -0.3 is 22.3 Å². The van der Waals surface area contributed by atoms with Crippen molar-refractivity contribution in [2.75, 3.05) is 0 Å². The van der Waals surface area contributed by atoms with Gasteiger partial charge in [0, 0.05) is 24.7 Å². The van der Waals surface area contributed by atoms with E-state index in [0.717, 1.165) is 45.0 Å². The fourth-order valence-electron chi connectivity index (χ4n) is 4.89. The second-order valence-corrected chi connectivity index (χ2v) is 9.46. The van der Waals surface area contributed by atoms with E-state index in [2.05, 4.69) is 0 Å². The SMILES string of the molecule is CC(=N)C(=N)C(c1ccccc1CN)c1ccccc1CN.FC(F)(F)c1ccc2c(c1)C2c1ccccc1. The third kappa shape index (κ3) is 6.16. The number of hydrogen-bond donors (Lipinski definition) is 4. The molecule has 0 fully saturated rings. The van der Waals surface area contributed by atoms with Crippen molar-refractivity contribution in [3.8, 4) is 0 Å². The van der Waals surface area contributed by atoms with Gasteiger partial charge in [0.25, 0.3) is 0 Å². The molecule has 4 nitrogen and oxygen atoms in total. The minimum atomic E-state index is -4.25. The molecule has 0 heterocycles. The molecule has 39 heavy (non-hydrogen) atoms. The molecule has 1 unspecified atom stereocenters. The Morgan fingerprint density at radius 1 is 0.744 bits per heavy atom. The van der Waals surface area contributed by atoms with Gasteiger partial charge >= 0.3 is 6.18 Å². The van der Waals surface area contributed by atoms with Crippen LogP contribution in [0.2, 0.25) is 0 Å². The summed E-state index contributed by atoms with van der Waals surface area (Å²) in [5.41, 5.74) is 18.5. The number of hydrogen-bond acceptors (Lipinski definition) is 4. The quantitative estimate of drug-likeness (QED) is 0.171. The predicted octanol–water partition coefficient (Wildman–Crippen LogP) is 6.99. The molecular weight excluding hydrogens is 497 g/mol. The topological polar surface area (TPSA) is 99.7 Å². The molecule has 7 heteroatoms. The molecule has 200 valence electrons. The lowest BCUT2D eigenvalue weighted by molar-refractivity contribution is -0.137. The summed E-state index contributed by atoms with van der Waals surface area (Å²) >= 11 is 0. The zero-order chi connectivity index (χ0) is 28.2. The predicted molar refractivity (Wildman–Crippen MR) is 150 cm³/mol. The third-order valence-corrected chi connectivity index (χ3v) is 6.95. The maximum Gasteiger partial charge on any atom is 0.416 e. The molecule has 0 amide bonds. The van der Waals surface area contributed by atoms with E-state index in [1.165, 1.54) is 6.07 Å². The molecule has 1 aliphatic carbocycles. The van der Waals surface area contributed by atoms with E-state index in [1.54, 1.807) is 13.0 Å². The second-order valence-electron chi connectivity index (χ2n) is 9.46. The van der Waals surface area contributed by atoms with Crippen LogP contribution in [0, 0.1) is 10.8 Å². The first-order valence-electron chi connectivity index (χ1n) is 12.6. The summed E-state index contributed by atoms with van der Waals surface area (Å²) in [5.74, 6) is -0.246. The van der Waals surface area contributed by atoms with Crippen molar-refractivity contribution in [3.63, 3.8) is 0 Å². The zero-order valence-corrected chi connectivity index (χ0v) is 21.6. The number of alkyl halides is 3. The van der Waals surface area contributed by atoms with E-state index in [-0.39, 0.29) is 23.3 Å². The van der Waals surface area contributed by atoms with Gasteiger partial charge in [-0.3, -0.25) is 0 Å². The fourth-order valence-corrected chi connectivity index (χ4v) is 4.89. The van der Waals surface area contributed by atoms with Crippen LogP contribution >= 0.6 is 0 Å². The van der Waals surface area contributed by atoms with Gasteiger partial charge in [0.15, 0.2) is 0 Å². The number of nitrogens with two attached hydrogens (primary N) is 2. The highest BCUT2D eigenvalue weighted by Crippen LogP contribution is 2.49. The van der Waals surface area contributed by atoms with Crippen molar-refractivity contribution in [2.45, 2.75) is 38.0 Å². The zero-order valence-electron chi connectivity index (χ0n) is 21.6. The lowest BCUT2D eigenvalue weighted by Gasteiger charge is -2.23. The van der Waals surface area contributed by atoms with Crippen LogP contribution in [-0.4, -0.2) is 11.4 Å². The molecule has 0 saturated carbocycles. The van der Waals surface area contributed by atoms with Crippen molar-refractivity contribution < 1.29 is 13.2 Å². The second kappa shape index (κ2) is 11.8. The summed E-state index contributed by atoms with van der Waals surface area (Å²) in [4.78, 5) is 0. The summed E-state index contributed by atoms with van der Waals surface area (Å²) in [6, 6.07) is 29.3. The van der Waals surface area contributed by atoms with E-state index in [4.69, 9.17) is 22.3 Å². The van der Waals surface area contributed by atoms with Crippen LogP contribution in [-0.2, 0) is 19.3 Å². The Kier molecular flexibility index (Phi) is 8.43. The van der Waals surface area contributed by atoms with Gasteiger partial charge in [0.05, 0.1) is 17.2 Å². The highest BCUT2D eigenvalue weighted by Gasteiger charge is 2.38. The fraction of sp³-hybridized carbons (Fsp3) is 0.188. The molecule has 0 radical (unpaired) electrons. The van der Waals surface area contributed by atoms with Crippen LogP contribution < -0.4 is 11.5 Å². The summed E-state index contributed by atoms with van der Waals surface area (Å²) in [7, 11) is 0. The van der Waals surface area contributed by atoms with Crippen LogP contribution in [0.3, 0.4) is 0 Å². The molecule has 5 rings (SSSR count). The number of nitrogens with one attached hydrogen (secondary N) is 2. The average molecular weight is 529 g/mol. The van der Waals surface area contributed by atoms with Gasteiger partial charge in [-0.05, 0) is 58.0 Å². The van der Waals surface area contributed by atoms with Crippen LogP contribution in [0.5, 0.6) is 0 Å². The number of halogens is 3. The van der Waals surface area contributed by atoms with E-state index < -0.39 is 11.7 Å². The first-order valence-corrected chi connectivity index (χ1v) is 12.6. The first-order chi connectivity index (χ1) is 18.7. The van der Waals surface area contributed by atoms with E-state index in [9.17, 15) is 13.2 Å². The average Bonchev–Trinajstić information content (AvgIpc) is 3.68. The number of benzene rings is 4. The normalized spacial score (nSPS) is 13.8. The molecule has 0 spiro atoms. The first kappa shape index (κ1) is 28.0. The molecular formula is C32H31F3N4. The van der Waals surface area contributed by atoms with Crippen molar-refractivity contribution in [1.82, 2.24) is 0 Å². The van der Waals surface area contributed by atoms with Crippen molar-refractivity contribution in [3.05, 3.63) is 142 Å². The largest absolute Gasteiger partial charge is 0.416 e. The number of rotatable bonds is 7. The van der Waals surface area contributed by atoms with Gasteiger partial charge in [-0.1, -0.05) is 84.9 Å². The Labute approximate surface area is 226 Å². The highest BCUT2D eigenvalue weighted by molar-refractivity contribution is 6.41. The van der Waals surface area contributed by atoms with Gasteiger partial charge in [-0.15, -0.1) is 0 Å². The van der Waals surface area contributed by atoms with Crippen LogP contribution in [0.25, 0.3) is 0 Å². The Morgan fingerprint density at radius 2 is 1.26 bits per heavy atom. The van der Waals surface area contributed by atoms with E-state index in [0.29, 0.717) is 13.1 Å². The lowest BCUT2D eigenvalue weighted by Crippen LogP contribution is -2.23. The van der Waals surface area contributed by atoms with Crippen molar-refractivity contribution >= 4 is 11.4 Å². The Balaban J connectivity index is 0.000000186. The minimum Gasteiger partial charge on any atom is -0.326 e. The molecule has 0 aliphatic heterocycles. The summed E-state index contributed by atoms with van der Waals surface area (Å²) in [6.45, 7) is 2.45. The minimum absolute atomic E-state index is 0.0623. The maximum absolute atomic E-state index is 12.5. The summed E-state index contributed by atoms with van der Waals surface area (Å²) in [6.07, 6.45) is -4.25. The summed E-state index contributed by atoms with van der Waals surface area (Å²) < 4.78 is 37.6. The lowest BCUT2D eigenvalue weighted by atomic mass is 9.81. The van der Waals surface area contributed by atoms with Crippen LogP contribution in [0.4, 0.5) is 13.2 Å². The molecule has 1 atom stereocenters. The van der Waals surface area contributed by atoms with Crippen LogP contribution in [0.15, 0.2) is 97.1 Å². The standard InChI is InChI=1S/C18H22N4.C14H9F3/c1-12(21)18(22)17(15-8-4-2-6-13(15)10-19)16-9-5-3-7-14(16)11-20;15-14(16,17)10-6-7-11-12(8-10)13(11)9-4-2-1-3-5-9/h2-9,17,21-22H,10-11,19-20H2,1H3;1-8,13H. The van der Waals surface area contributed by atoms with Gasteiger partial charge in [0.2, 0.25) is 0 Å². The Morgan fingerprint density at radius 3 is 1.74 bits per heavy atom. The van der Waals surface area contributed by atoms with Gasteiger partial charge in [0.1, 0.15) is 0 Å². The Hall–Kier alpha value is -4.07. The van der Waals surface area contributed by atoms with Crippen LogP contribution in [0.1, 0.15) is 63.3 Å². The molecule has 4 aromatic carbocycles. The smallest absolute Gasteiger partial charge is 0.326 e. The molecule has 1 aliphatic rings. The Bertz CT molecular complexity index is 1430. The molecule has 0 saturated heterocycles. The molecule has 4 aromatic rings. The van der Waals surface area contributed by atoms with E-state index >= 15 is 0 Å².